The molecule has 0 bridgehead atoms. The number of carbonyl (C=O) groups excluding carboxylic acids is 2. The molecule has 2 rings (SSSR count). The molecule has 7 nitrogen and oxygen atoms in total. The summed E-state index contributed by atoms with van der Waals surface area (Å²) < 4.78 is 15.8. The fraction of sp³-hybridized carbons (Fsp3) is 0.600. The molecule has 1 fully saturated rings. The molecule has 0 spiro atoms. The Morgan fingerprint density at radius 1 is 1.04 bits per heavy atom. The third-order valence-corrected chi connectivity index (χ3v) is 4.20. The quantitative estimate of drug-likeness (QED) is 0.708. The standard InChI is InChI=1S/C20H30N2O5/c1-20(2,3)27-19(24)22-11-9-21(10-12-22)13-14-26-17-7-5-16(6-8-17)15-18(23)25-4/h5-8H,9-15H2,1-4H3. The Hall–Kier alpha value is -2.28. The van der Waals surface area contributed by atoms with Crippen LogP contribution in [0.2, 0.25) is 0 Å². The van der Waals surface area contributed by atoms with Gasteiger partial charge in [-0.25, -0.2) is 4.79 Å². The van der Waals surface area contributed by atoms with Gasteiger partial charge in [0.25, 0.3) is 0 Å². The van der Waals surface area contributed by atoms with Crippen LogP contribution in [0.25, 0.3) is 0 Å². The largest absolute Gasteiger partial charge is 0.492 e. The Morgan fingerprint density at radius 3 is 2.22 bits per heavy atom. The lowest BCUT2D eigenvalue weighted by Crippen LogP contribution is -2.50. The van der Waals surface area contributed by atoms with E-state index in [-0.39, 0.29) is 18.5 Å². The monoisotopic (exact) mass is 378 g/mol. The average molecular weight is 378 g/mol. The number of ether oxygens (including phenoxy) is 3. The van der Waals surface area contributed by atoms with E-state index in [1.807, 2.05) is 45.0 Å². The number of esters is 1. The van der Waals surface area contributed by atoms with Gasteiger partial charge in [0, 0.05) is 32.7 Å². The molecule has 0 saturated carbocycles. The van der Waals surface area contributed by atoms with Gasteiger partial charge >= 0.3 is 12.1 Å². The molecular formula is C20H30N2O5. The molecule has 27 heavy (non-hydrogen) atoms. The van der Waals surface area contributed by atoms with Gasteiger partial charge in [-0.3, -0.25) is 9.69 Å². The number of rotatable bonds is 6. The topological polar surface area (TPSA) is 68.3 Å². The molecule has 1 aliphatic heterocycles. The van der Waals surface area contributed by atoms with Crippen LogP contribution in [-0.4, -0.2) is 73.9 Å². The highest BCUT2D eigenvalue weighted by atomic mass is 16.6. The fourth-order valence-corrected chi connectivity index (χ4v) is 2.72. The van der Waals surface area contributed by atoms with Crippen LogP contribution in [-0.2, 0) is 20.7 Å². The molecule has 1 saturated heterocycles. The minimum atomic E-state index is -0.464. The van der Waals surface area contributed by atoms with Gasteiger partial charge in [0.05, 0.1) is 13.5 Å². The van der Waals surface area contributed by atoms with Crippen molar-refractivity contribution in [2.75, 3.05) is 46.4 Å². The second-order valence-corrected chi connectivity index (χ2v) is 7.55. The second-order valence-electron chi connectivity index (χ2n) is 7.55. The van der Waals surface area contributed by atoms with Crippen molar-refractivity contribution in [2.45, 2.75) is 32.8 Å². The zero-order valence-corrected chi connectivity index (χ0v) is 16.7. The first-order valence-electron chi connectivity index (χ1n) is 9.25. The van der Waals surface area contributed by atoms with Crippen molar-refractivity contribution in [3.63, 3.8) is 0 Å². The maximum atomic E-state index is 12.1. The smallest absolute Gasteiger partial charge is 0.410 e. The van der Waals surface area contributed by atoms with Crippen molar-refractivity contribution in [1.29, 1.82) is 0 Å². The molecule has 0 radical (unpaired) electrons. The third kappa shape index (κ3) is 7.46. The number of methoxy groups -OCH3 is 1. The van der Waals surface area contributed by atoms with Gasteiger partial charge in [0.2, 0.25) is 0 Å². The van der Waals surface area contributed by atoms with E-state index in [9.17, 15) is 9.59 Å². The molecule has 1 aromatic carbocycles. The summed E-state index contributed by atoms with van der Waals surface area (Å²) in [4.78, 5) is 27.3. The first-order chi connectivity index (χ1) is 12.8. The highest BCUT2D eigenvalue weighted by molar-refractivity contribution is 5.72. The Bertz CT molecular complexity index is 616. The third-order valence-electron chi connectivity index (χ3n) is 4.20. The van der Waals surface area contributed by atoms with Crippen molar-refractivity contribution < 1.29 is 23.8 Å². The molecule has 1 aromatic rings. The van der Waals surface area contributed by atoms with Gasteiger partial charge in [0.1, 0.15) is 18.0 Å². The normalized spacial score (nSPS) is 15.3. The minimum Gasteiger partial charge on any atom is -0.492 e. The Kier molecular flexibility index (Phi) is 7.47. The van der Waals surface area contributed by atoms with Crippen LogP contribution in [0.3, 0.4) is 0 Å². The minimum absolute atomic E-state index is 0.245. The summed E-state index contributed by atoms with van der Waals surface area (Å²) in [5.41, 5.74) is 0.432. The van der Waals surface area contributed by atoms with Crippen LogP contribution in [0, 0.1) is 0 Å². The second kappa shape index (κ2) is 9.60. The van der Waals surface area contributed by atoms with E-state index in [1.165, 1.54) is 7.11 Å². The van der Waals surface area contributed by atoms with Crippen molar-refractivity contribution in [3.8, 4) is 5.75 Å². The van der Waals surface area contributed by atoms with Crippen molar-refractivity contribution in [2.24, 2.45) is 0 Å². The average Bonchev–Trinajstić information content (AvgIpc) is 2.62. The van der Waals surface area contributed by atoms with Crippen molar-refractivity contribution >= 4 is 12.1 Å². The van der Waals surface area contributed by atoms with E-state index >= 15 is 0 Å². The molecule has 7 heteroatoms. The van der Waals surface area contributed by atoms with E-state index in [4.69, 9.17) is 9.47 Å². The van der Waals surface area contributed by atoms with Crippen molar-refractivity contribution in [3.05, 3.63) is 29.8 Å². The lowest BCUT2D eigenvalue weighted by atomic mass is 10.1. The highest BCUT2D eigenvalue weighted by Crippen LogP contribution is 2.14. The SMILES string of the molecule is COC(=O)Cc1ccc(OCCN2CCN(C(=O)OC(C)(C)C)CC2)cc1. The first-order valence-corrected chi connectivity index (χ1v) is 9.25. The highest BCUT2D eigenvalue weighted by Gasteiger charge is 2.25. The van der Waals surface area contributed by atoms with Crippen molar-refractivity contribution in [1.82, 2.24) is 9.80 Å². The Morgan fingerprint density at radius 2 is 1.67 bits per heavy atom. The van der Waals surface area contributed by atoms with Crippen LogP contribution in [0.5, 0.6) is 5.75 Å². The zero-order valence-electron chi connectivity index (χ0n) is 16.7. The van der Waals surface area contributed by atoms with Crippen LogP contribution < -0.4 is 4.74 Å². The van der Waals surface area contributed by atoms with E-state index in [1.54, 1.807) is 4.90 Å². The number of nitrogens with zero attached hydrogens (tertiary/aromatic N) is 2. The van der Waals surface area contributed by atoms with E-state index in [0.717, 1.165) is 30.9 Å². The number of hydrogen-bond donors (Lipinski definition) is 0. The number of amides is 1. The van der Waals surface area contributed by atoms with Crippen LogP contribution in [0.4, 0.5) is 4.79 Å². The summed E-state index contributed by atoms with van der Waals surface area (Å²) >= 11 is 0. The molecule has 0 aliphatic carbocycles. The summed E-state index contributed by atoms with van der Waals surface area (Å²) in [6.45, 7) is 9.94. The summed E-state index contributed by atoms with van der Waals surface area (Å²) in [5.74, 6) is 0.519. The van der Waals surface area contributed by atoms with E-state index in [2.05, 4.69) is 9.64 Å². The van der Waals surface area contributed by atoms with Gasteiger partial charge < -0.3 is 19.1 Å². The number of carbonyl (C=O) groups is 2. The molecule has 0 N–H and O–H groups in total. The number of hydrogen-bond acceptors (Lipinski definition) is 6. The van der Waals surface area contributed by atoms with E-state index in [0.29, 0.717) is 19.7 Å². The first kappa shape index (κ1) is 21.0. The predicted molar refractivity (Wildman–Crippen MR) is 102 cm³/mol. The van der Waals surface area contributed by atoms with Crippen LogP contribution >= 0.6 is 0 Å². The Labute approximate surface area is 161 Å². The maximum Gasteiger partial charge on any atom is 0.410 e. The summed E-state index contributed by atoms with van der Waals surface area (Å²) in [6.07, 6.45) is 0.0176. The number of benzene rings is 1. The molecule has 1 aliphatic rings. The van der Waals surface area contributed by atoms with Gasteiger partial charge in [0.15, 0.2) is 0 Å². The van der Waals surface area contributed by atoms with Gasteiger partial charge in [-0.2, -0.15) is 0 Å². The van der Waals surface area contributed by atoms with Crippen LogP contribution in [0.1, 0.15) is 26.3 Å². The molecular weight excluding hydrogens is 348 g/mol. The molecule has 0 atom stereocenters. The molecule has 0 aromatic heterocycles. The lowest BCUT2D eigenvalue weighted by molar-refractivity contribution is -0.139. The van der Waals surface area contributed by atoms with Gasteiger partial charge in [-0.1, -0.05) is 12.1 Å². The summed E-state index contributed by atoms with van der Waals surface area (Å²) in [7, 11) is 1.38. The predicted octanol–water partition coefficient (Wildman–Crippen LogP) is 2.33. The lowest BCUT2D eigenvalue weighted by Gasteiger charge is -2.35. The van der Waals surface area contributed by atoms with Crippen LogP contribution in [0.15, 0.2) is 24.3 Å². The van der Waals surface area contributed by atoms with Gasteiger partial charge in [-0.15, -0.1) is 0 Å². The number of piperazine rings is 1. The molecule has 1 amide bonds. The maximum absolute atomic E-state index is 12.1. The zero-order chi connectivity index (χ0) is 19.9. The molecule has 150 valence electrons. The summed E-state index contributed by atoms with van der Waals surface area (Å²) in [6, 6.07) is 7.45. The summed E-state index contributed by atoms with van der Waals surface area (Å²) in [5, 5.41) is 0. The van der Waals surface area contributed by atoms with E-state index < -0.39 is 5.60 Å². The molecule has 1 heterocycles. The molecule has 0 unspecified atom stereocenters. The van der Waals surface area contributed by atoms with Gasteiger partial charge in [-0.05, 0) is 38.5 Å². The fourth-order valence-electron chi connectivity index (χ4n) is 2.72. The Balaban J connectivity index is 1.67.